The van der Waals surface area contributed by atoms with Crippen LogP contribution in [0.25, 0.3) is 5.69 Å². The molecule has 0 spiro atoms. The quantitative estimate of drug-likeness (QED) is 0.643. The minimum absolute atomic E-state index is 0.00694. The van der Waals surface area contributed by atoms with Crippen LogP contribution in [0.5, 0.6) is 0 Å². The molecule has 0 amide bonds. The first-order valence-electron chi connectivity index (χ1n) is 7.54. The summed E-state index contributed by atoms with van der Waals surface area (Å²) in [7, 11) is 0. The second-order valence-electron chi connectivity index (χ2n) is 6.53. The van der Waals surface area contributed by atoms with Gasteiger partial charge in [0, 0.05) is 6.42 Å². The molecule has 24 heavy (non-hydrogen) atoms. The maximum atomic E-state index is 14.5. The third kappa shape index (κ3) is 3.98. The van der Waals surface area contributed by atoms with Gasteiger partial charge < -0.3 is 4.74 Å². The second-order valence-corrected chi connectivity index (χ2v) is 7.69. The number of hydrogen-bond donors (Lipinski definition) is 0. The first-order chi connectivity index (χ1) is 11.2. The zero-order chi connectivity index (χ0) is 18.1. The third-order valence-electron chi connectivity index (χ3n) is 3.22. The Morgan fingerprint density at radius 2 is 2.08 bits per heavy atom. The average molecular weight is 418 g/mol. The van der Waals surface area contributed by atoms with Crippen LogP contribution in [0.4, 0.5) is 4.39 Å². The Morgan fingerprint density at radius 1 is 1.42 bits per heavy atom. The molecule has 0 atom stereocenters. The van der Waals surface area contributed by atoms with Crippen LogP contribution in [0.15, 0.2) is 22.8 Å². The van der Waals surface area contributed by atoms with E-state index in [1.54, 1.807) is 23.6 Å². The highest BCUT2D eigenvalue weighted by Crippen LogP contribution is 2.31. The summed E-state index contributed by atoms with van der Waals surface area (Å²) >= 11 is 9.27. The fourth-order valence-electron chi connectivity index (χ4n) is 2.28. The summed E-state index contributed by atoms with van der Waals surface area (Å²) in [5.74, 6) is -0.567. The van der Waals surface area contributed by atoms with Crippen LogP contribution in [0.1, 0.15) is 44.0 Å². The predicted octanol–water partition coefficient (Wildman–Crippen LogP) is 5.19. The molecule has 0 unspecified atom stereocenters. The summed E-state index contributed by atoms with van der Waals surface area (Å²) in [5.41, 5.74) is 0.246. The van der Waals surface area contributed by atoms with Crippen LogP contribution in [-0.2, 0) is 11.2 Å². The molecule has 4 nitrogen and oxygen atoms in total. The topological polar surface area (TPSA) is 44.1 Å². The molecule has 0 bridgehead atoms. The Hall–Kier alpha value is -1.40. The summed E-state index contributed by atoms with van der Waals surface area (Å²) in [4.78, 5) is 16.5. The summed E-state index contributed by atoms with van der Waals surface area (Å²) < 4.78 is 21.5. The molecule has 2 rings (SSSR count). The lowest BCUT2D eigenvalue weighted by Crippen LogP contribution is -2.14. The Kier molecular flexibility index (Phi) is 5.71. The highest BCUT2D eigenvalue weighted by molar-refractivity contribution is 9.10. The number of imidazole rings is 1. The minimum atomic E-state index is -0.567. The van der Waals surface area contributed by atoms with Gasteiger partial charge in [-0.05, 0) is 40.4 Å². The van der Waals surface area contributed by atoms with Crippen LogP contribution in [0, 0.1) is 11.2 Å². The number of halogens is 3. The molecule has 2 aromatic rings. The van der Waals surface area contributed by atoms with Gasteiger partial charge >= 0.3 is 5.97 Å². The van der Waals surface area contributed by atoms with E-state index in [2.05, 4.69) is 20.9 Å². The SMILES string of the molecule is CCOC(=O)c1nc(CC(C)(C)C)n(-c2cccc(Cl)c2F)c1Br. The summed E-state index contributed by atoms with van der Waals surface area (Å²) in [6.45, 7) is 8.07. The molecular weight excluding hydrogens is 399 g/mol. The number of carbonyl (C=O) groups excluding carboxylic acids is 1. The number of carbonyl (C=O) groups is 1. The van der Waals surface area contributed by atoms with Gasteiger partial charge in [-0.25, -0.2) is 14.2 Å². The van der Waals surface area contributed by atoms with E-state index < -0.39 is 11.8 Å². The van der Waals surface area contributed by atoms with E-state index in [1.165, 1.54) is 6.07 Å². The normalized spacial score (nSPS) is 11.6. The molecule has 0 saturated carbocycles. The Labute approximate surface area is 154 Å². The maximum absolute atomic E-state index is 14.5. The molecule has 1 aromatic heterocycles. The van der Waals surface area contributed by atoms with Gasteiger partial charge in [0.2, 0.25) is 0 Å². The van der Waals surface area contributed by atoms with E-state index in [0.29, 0.717) is 16.8 Å². The van der Waals surface area contributed by atoms with Crippen molar-refractivity contribution in [3.8, 4) is 5.69 Å². The van der Waals surface area contributed by atoms with Crippen molar-refractivity contribution < 1.29 is 13.9 Å². The van der Waals surface area contributed by atoms with Crippen molar-refractivity contribution in [1.82, 2.24) is 9.55 Å². The standard InChI is InChI=1S/C17H19BrClFN2O2/c1-5-24-16(23)14-15(18)22(12(21-14)9-17(2,3)4)11-8-6-7-10(19)13(11)20/h6-8H,5,9H2,1-4H3. The van der Waals surface area contributed by atoms with Crippen molar-refractivity contribution >= 4 is 33.5 Å². The number of benzene rings is 1. The van der Waals surface area contributed by atoms with Crippen molar-refractivity contribution in [2.24, 2.45) is 5.41 Å². The smallest absolute Gasteiger partial charge is 0.359 e. The van der Waals surface area contributed by atoms with Gasteiger partial charge in [-0.1, -0.05) is 38.4 Å². The third-order valence-corrected chi connectivity index (χ3v) is 4.24. The zero-order valence-corrected chi connectivity index (χ0v) is 16.3. The fraction of sp³-hybridized carbons (Fsp3) is 0.412. The molecule has 7 heteroatoms. The van der Waals surface area contributed by atoms with Crippen molar-refractivity contribution in [1.29, 1.82) is 0 Å². The molecule has 0 radical (unpaired) electrons. The minimum Gasteiger partial charge on any atom is -0.461 e. The number of rotatable bonds is 4. The number of aromatic nitrogens is 2. The average Bonchev–Trinajstić information content (AvgIpc) is 2.77. The van der Waals surface area contributed by atoms with Crippen LogP contribution in [0.3, 0.4) is 0 Å². The Bertz CT molecular complexity index is 769. The molecule has 1 aromatic carbocycles. The highest BCUT2D eigenvalue weighted by atomic mass is 79.9. The summed E-state index contributed by atoms with van der Waals surface area (Å²) in [6, 6.07) is 4.72. The van der Waals surface area contributed by atoms with Crippen LogP contribution in [-0.4, -0.2) is 22.1 Å². The number of esters is 1. The van der Waals surface area contributed by atoms with Gasteiger partial charge in [0.05, 0.1) is 17.3 Å². The molecule has 0 aliphatic carbocycles. The molecule has 0 saturated heterocycles. The lowest BCUT2D eigenvalue weighted by atomic mass is 9.92. The van der Waals surface area contributed by atoms with Crippen LogP contribution in [0.2, 0.25) is 5.02 Å². The molecule has 1 heterocycles. The van der Waals surface area contributed by atoms with Crippen molar-refractivity contribution in [3.05, 3.63) is 45.2 Å². The van der Waals surface area contributed by atoms with Gasteiger partial charge in [-0.2, -0.15) is 0 Å². The van der Waals surface area contributed by atoms with E-state index >= 15 is 0 Å². The first-order valence-corrected chi connectivity index (χ1v) is 8.71. The van der Waals surface area contributed by atoms with Gasteiger partial charge in [-0.15, -0.1) is 0 Å². The Morgan fingerprint density at radius 3 is 2.67 bits per heavy atom. The molecule has 0 aliphatic rings. The number of hydrogen-bond acceptors (Lipinski definition) is 3. The highest BCUT2D eigenvalue weighted by Gasteiger charge is 2.27. The molecule has 130 valence electrons. The van der Waals surface area contributed by atoms with Crippen LogP contribution < -0.4 is 0 Å². The van der Waals surface area contributed by atoms with Gasteiger partial charge in [0.25, 0.3) is 0 Å². The van der Waals surface area contributed by atoms with E-state index in [4.69, 9.17) is 16.3 Å². The fourth-order valence-corrected chi connectivity index (χ4v) is 3.09. The Balaban J connectivity index is 2.67. The first kappa shape index (κ1) is 18.9. The molecule has 0 fully saturated rings. The van der Waals surface area contributed by atoms with Gasteiger partial charge in [0.15, 0.2) is 11.5 Å². The summed E-state index contributed by atoms with van der Waals surface area (Å²) in [5, 5.41) is 0.00694. The van der Waals surface area contributed by atoms with E-state index in [-0.39, 0.29) is 28.4 Å². The van der Waals surface area contributed by atoms with Crippen molar-refractivity contribution in [2.75, 3.05) is 6.61 Å². The largest absolute Gasteiger partial charge is 0.461 e. The monoisotopic (exact) mass is 416 g/mol. The van der Waals surface area contributed by atoms with E-state index in [9.17, 15) is 9.18 Å². The lowest BCUT2D eigenvalue weighted by Gasteiger charge is -2.19. The number of ether oxygens (including phenoxy) is 1. The lowest BCUT2D eigenvalue weighted by molar-refractivity contribution is 0.0518. The van der Waals surface area contributed by atoms with E-state index in [1.807, 2.05) is 20.8 Å². The van der Waals surface area contributed by atoms with E-state index in [0.717, 1.165) is 0 Å². The van der Waals surface area contributed by atoms with Crippen molar-refractivity contribution in [3.63, 3.8) is 0 Å². The molecular formula is C17H19BrClFN2O2. The second kappa shape index (κ2) is 7.23. The van der Waals surface area contributed by atoms with Crippen LogP contribution >= 0.6 is 27.5 Å². The predicted molar refractivity (Wildman–Crippen MR) is 95.3 cm³/mol. The van der Waals surface area contributed by atoms with Gasteiger partial charge in [-0.3, -0.25) is 4.57 Å². The number of nitrogens with zero attached hydrogens (tertiary/aromatic N) is 2. The summed E-state index contributed by atoms with van der Waals surface area (Å²) in [6.07, 6.45) is 0.539. The maximum Gasteiger partial charge on any atom is 0.359 e. The molecule has 0 aliphatic heterocycles. The van der Waals surface area contributed by atoms with Gasteiger partial charge in [0.1, 0.15) is 10.4 Å². The van der Waals surface area contributed by atoms with Crippen molar-refractivity contribution in [2.45, 2.75) is 34.1 Å². The zero-order valence-electron chi connectivity index (χ0n) is 14.0. The molecule has 0 N–H and O–H groups in total.